The molecule has 3 heteroatoms. The number of allylic oxidation sites excluding steroid dienone is 1. The normalized spacial score (nSPS) is 12.0. The molecule has 15 heavy (non-hydrogen) atoms. The van der Waals surface area contributed by atoms with Gasteiger partial charge in [-0.3, -0.25) is 0 Å². The lowest BCUT2D eigenvalue weighted by Crippen LogP contribution is -2.14. The van der Waals surface area contributed by atoms with Gasteiger partial charge in [0.05, 0.1) is 5.56 Å². The van der Waals surface area contributed by atoms with E-state index in [2.05, 4.69) is 0 Å². The summed E-state index contributed by atoms with van der Waals surface area (Å²) in [6.45, 7) is 1.76. The monoisotopic (exact) mass is 201 g/mol. The molecule has 3 nitrogen and oxygen atoms in total. The average Bonchev–Trinajstić information content (AvgIpc) is 2.29. The number of benzene rings is 1. The minimum Gasteiger partial charge on any atom is -0.439 e. The number of carbonyl (C=O) groups is 1. The van der Waals surface area contributed by atoms with Gasteiger partial charge >= 0.3 is 5.97 Å². The van der Waals surface area contributed by atoms with Crippen LogP contribution in [0.15, 0.2) is 42.5 Å². The van der Waals surface area contributed by atoms with Crippen molar-refractivity contribution in [2.24, 2.45) is 0 Å². The molecule has 1 atom stereocenters. The summed E-state index contributed by atoms with van der Waals surface area (Å²) in [5, 5.41) is 8.67. The van der Waals surface area contributed by atoms with Crippen LogP contribution in [0, 0.1) is 11.3 Å². The van der Waals surface area contributed by atoms with Gasteiger partial charge < -0.3 is 4.74 Å². The fraction of sp³-hybridized carbons (Fsp3) is 0.167. The highest BCUT2D eigenvalue weighted by atomic mass is 16.5. The summed E-state index contributed by atoms with van der Waals surface area (Å²) >= 11 is 0. The Bertz CT molecular complexity index is 390. The first kappa shape index (κ1) is 11.0. The molecular formula is C12H11NO2. The van der Waals surface area contributed by atoms with Gasteiger partial charge in [-0.1, -0.05) is 24.3 Å². The number of esters is 1. The second-order valence-electron chi connectivity index (χ2n) is 2.85. The van der Waals surface area contributed by atoms with Crippen LogP contribution in [0.1, 0.15) is 17.3 Å². The van der Waals surface area contributed by atoms with Crippen molar-refractivity contribution >= 4 is 5.97 Å². The summed E-state index contributed by atoms with van der Waals surface area (Å²) in [4.78, 5) is 11.5. The first-order valence-corrected chi connectivity index (χ1v) is 4.56. The zero-order valence-corrected chi connectivity index (χ0v) is 8.38. The minimum atomic E-state index is -0.817. The Morgan fingerprint density at radius 1 is 1.47 bits per heavy atom. The molecule has 0 aliphatic rings. The molecule has 0 radical (unpaired) electrons. The smallest absolute Gasteiger partial charge is 0.339 e. The van der Waals surface area contributed by atoms with Crippen LogP contribution in [0.3, 0.4) is 0 Å². The van der Waals surface area contributed by atoms with Gasteiger partial charge in [0.15, 0.2) is 0 Å². The molecule has 1 aromatic rings. The van der Waals surface area contributed by atoms with Crippen molar-refractivity contribution in [1.82, 2.24) is 0 Å². The largest absolute Gasteiger partial charge is 0.439 e. The van der Waals surface area contributed by atoms with Gasteiger partial charge in [-0.2, -0.15) is 5.26 Å². The van der Waals surface area contributed by atoms with Crippen LogP contribution in [0.4, 0.5) is 0 Å². The number of hydrogen-bond acceptors (Lipinski definition) is 3. The fourth-order valence-electron chi connectivity index (χ4n) is 1.04. The predicted octanol–water partition coefficient (Wildman–Crippen LogP) is 2.31. The van der Waals surface area contributed by atoms with E-state index in [0.29, 0.717) is 5.56 Å². The van der Waals surface area contributed by atoms with Crippen molar-refractivity contribution < 1.29 is 9.53 Å². The Kier molecular flexibility index (Phi) is 4.11. The molecule has 0 saturated carbocycles. The number of nitriles is 1. The third kappa shape index (κ3) is 3.28. The molecule has 0 saturated heterocycles. The molecule has 0 bridgehead atoms. The molecule has 0 spiro atoms. The van der Waals surface area contributed by atoms with E-state index in [1.54, 1.807) is 37.3 Å². The number of ether oxygens (including phenoxy) is 1. The van der Waals surface area contributed by atoms with Gasteiger partial charge in [-0.15, -0.1) is 0 Å². The Morgan fingerprint density at radius 2 is 2.13 bits per heavy atom. The van der Waals surface area contributed by atoms with Gasteiger partial charge in [0.1, 0.15) is 6.07 Å². The van der Waals surface area contributed by atoms with Crippen LogP contribution in [0.5, 0.6) is 0 Å². The lowest BCUT2D eigenvalue weighted by Gasteiger charge is -2.06. The standard InChI is InChI=1S/C12H11NO2/c1-2-6-11(9-13)15-12(14)10-7-4-3-5-8-10/h2-8,11H,1H3/b6-2+. The number of hydrogen-bond donors (Lipinski definition) is 0. The quantitative estimate of drug-likeness (QED) is 0.557. The summed E-state index contributed by atoms with van der Waals surface area (Å²) < 4.78 is 4.94. The Morgan fingerprint density at radius 3 is 2.67 bits per heavy atom. The zero-order valence-electron chi connectivity index (χ0n) is 8.38. The fourth-order valence-corrected chi connectivity index (χ4v) is 1.04. The molecule has 1 rings (SSSR count). The van der Waals surface area contributed by atoms with E-state index in [0.717, 1.165) is 0 Å². The van der Waals surface area contributed by atoms with Gasteiger partial charge in [0, 0.05) is 0 Å². The minimum absolute atomic E-state index is 0.447. The Hall–Kier alpha value is -2.08. The van der Waals surface area contributed by atoms with E-state index >= 15 is 0 Å². The molecule has 0 heterocycles. The van der Waals surface area contributed by atoms with E-state index < -0.39 is 12.1 Å². The SMILES string of the molecule is C/C=C/C(C#N)OC(=O)c1ccccc1. The molecule has 76 valence electrons. The van der Waals surface area contributed by atoms with E-state index in [-0.39, 0.29) is 0 Å². The topological polar surface area (TPSA) is 50.1 Å². The second kappa shape index (κ2) is 5.61. The van der Waals surface area contributed by atoms with E-state index in [1.165, 1.54) is 6.08 Å². The van der Waals surface area contributed by atoms with E-state index in [4.69, 9.17) is 10.00 Å². The highest BCUT2D eigenvalue weighted by Gasteiger charge is 2.11. The van der Waals surface area contributed by atoms with E-state index in [1.807, 2.05) is 12.1 Å². The van der Waals surface area contributed by atoms with Crippen molar-refractivity contribution in [1.29, 1.82) is 5.26 Å². The highest BCUT2D eigenvalue weighted by molar-refractivity contribution is 5.89. The summed E-state index contributed by atoms with van der Waals surface area (Å²) in [7, 11) is 0. The van der Waals surface area contributed by atoms with Crippen molar-refractivity contribution in [2.75, 3.05) is 0 Å². The maximum absolute atomic E-state index is 11.5. The third-order valence-electron chi connectivity index (χ3n) is 1.74. The molecule has 0 amide bonds. The van der Waals surface area contributed by atoms with Gasteiger partial charge in [-0.25, -0.2) is 4.79 Å². The maximum Gasteiger partial charge on any atom is 0.339 e. The average molecular weight is 201 g/mol. The van der Waals surface area contributed by atoms with Gasteiger partial charge in [-0.05, 0) is 25.1 Å². The first-order valence-electron chi connectivity index (χ1n) is 4.56. The Balaban J connectivity index is 2.68. The second-order valence-corrected chi connectivity index (χ2v) is 2.85. The van der Waals surface area contributed by atoms with Crippen LogP contribution in [-0.2, 0) is 4.74 Å². The zero-order chi connectivity index (χ0) is 11.1. The highest BCUT2D eigenvalue weighted by Crippen LogP contribution is 2.04. The lowest BCUT2D eigenvalue weighted by atomic mass is 10.2. The predicted molar refractivity (Wildman–Crippen MR) is 56.1 cm³/mol. The summed E-state index contributed by atoms with van der Waals surface area (Å²) in [5.41, 5.74) is 0.447. The molecule has 0 aliphatic heterocycles. The van der Waals surface area contributed by atoms with Crippen LogP contribution < -0.4 is 0 Å². The lowest BCUT2D eigenvalue weighted by molar-refractivity contribution is 0.0472. The molecule has 0 aromatic heterocycles. The van der Waals surface area contributed by atoms with Gasteiger partial charge in [0.2, 0.25) is 6.10 Å². The van der Waals surface area contributed by atoms with Crippen molar-refractivity contribution in [3.05, 3.63) is 48.0 Å². The number of rotatable bonds is 3. The van der Waals surface area contributed by atoms with Crippen LogP contribution >= 0.6 is 0 Å². The van der Waals surface area contributed by atoms with Crippen molar-refractivity contribution in [2.45, 2.75) is 13.0 Å². The number of carbonyl (C=O) groups excluding carboxylic acids is 1. The number of nitrogens with zero attached hydrogens (tertiary/aromatic N) is 1. The molecule has 1 aromatic carbocycles. The summed E-state index contributed by atoms with van der Waals surface area (Å²) in [5.74, 6) is -0.486. The Labute approximate surface area is 88.6 Å². The molecule has 0 aliphatic carbocycles. The van der Waals surface area contributed by atoms with Crippen LogP contribution in [-0.4, -0.2) is 12.1 Å². The summed E-state index contributed by atoms with van der Waals surface area (Å²) in [6.07, 6.45) is 2.38. The summed E-state index contributed by atoms with van der Waals surface area (Å²) in [6, 6.07) is 10.5. The molecule has 1 unspecified atom stereocenters. The van der Waals surface area contributed by atoms with Crippen LogP contribution in [0.25, 0.3) is 0 Å². The first-order chi connectivity index (χ1) is 7.27. The third-order valence-corrected chi connectivity index (χ3v) is 1.74. The van der Waals surface area contributed by atoms with Crippen LogP contribution in [0.2, 0.25) is 0 Å². The molecule has 0 N–H and O–H groups in total. The molecular weight excluding hydrogens is 190 g/mol. The van der Waals surface area contributed by atoms with Gasteiger partial charge in [0.25, 0.3) is 0 Å². The van der Waals surface area contributed by atoms with Crippen molar-refractivity contribution in [3.63, 3.8) is 0 Å². The maximum atomic E-state index is 11.5. The van der Waals surface area contributed by atoms with E-state index in [9.17, 15) is 4.79 Å². The molecule has 0 fully saturated rings. The van der Waals surface area contributed by atoms with Crippen molar-refractivity contribution in [3.8, 4) is 6.07 Å².